The molecule has 0 radical (unpaired) electrons. The van der Waals surface area contributed by atoms with Crippen molar-refractivity contribution >= 4 is 34.8 Å². The van der Waals surface area contributed by atoms with Crippen LogP contribution in [0, 0.1) is 0 Å². The van der Waals surface area contributed by atoms with Crippen LogP contribution in [0.4, 0.5) is 5.69 Å². The van der Waals surface area contributed by atoms with Crippen molar-refractivity contribution in [2.75, 3.05) is 5.73 Å². The number of hydrogen-bond acceptors (Lipinski definition) is 4. The molecule has 0 saturated carbocycles. The van der Waals surface area contributed by atoms with Gasteiger partial charge in [-0.1, -0.05) is 23.2 Å². The van der Waals surface area contributed by atoms with Crippen LogP contribution in [-0.4, -0.2) is 10.9 Å². The summed E-state index contributed by atoms with van der Waals surface area (Å²) in [4.78, 5) is 15.0. The highest BCUT2D eigenvalue weighted by Crippen LogP contribution is 2.32. The lowest BCUT2D eigenvalue weighted by molar-refractivity contribution is 0.0995. The third kappa shape index (κ3) is 3.07. The van der Waals surface area contributed by atoms with E-state index in [0.29, 0.717) is 15.8 Å². The number of primary amides is 1. The zero-order chi connectivity index (χ0) is 14.0. The van der Waals surface area contributed by atoms with Gasteiger partial charge >= 0.3 is 0 Å². The molecule has 0 saturated heterocycles. The number of nitrogen functional groups attached to an aromatic ring is 1. The predicted octanol–water partition coefficient (Wildman–Crippen LogP) is 2.86. The molecule has 0 fully saturated rings. The normalized spacial score (nSPS) is 10.2. The number of carbonyl (C=O) groups is 1. The summed E-state index contributed by atoms with van der Waals surface area (Å²) >= 11 is 11.7. The molecule has 19 heavy (non-hydrogen) atoms. The van der Waals surface area contributed by atoms with E-state index >= 15 is 0 Å². The van der Waals surface area contributed by atoms with Crippen LogP contribution < -0.4 is 16.2 Å². The van der Waals surface area contributed by atoms with E-state index in [1.165, 1.54) is 18.2 Å². The highest BCUT2D eigenvalue weighted by atomic mass is 35.5. The summed E-state index contributed by atoms with van der Waals surface area (Å²) in [5.41, 5.74) is 11.2. The molecule has 1 aromatic carbocycles. The summed E-state index contributed by atoms with van der Waals surface area (Å²) in [6.07, 6.45) is 0. The number of nitrogens with two attached hydrogens (primary N) is 2. The van der Waals surface area contributed by atoms with Crippen molar-refractivity contribution in [2.24, 2.45) is 5.73 Å². The molecule has 5 nitrogen and oxygen atoms in total. The number of hydrogen-bond donors (Lipinski definition) is 2. The van der Waals surface area contributed by atoms with Gasteiger partial charge in [-0.2, -0.15) is 0 Å². The SMILES string of the molecule is NC(=O)c1ccc(N)c(Oc2ccc(Cl)cc2Cl)n1. The fraction of sp³-hybridized carbons (Fsp3) is 0. The van der Waals surface area contributed by atoms with E-state index in [9.17, 15) is 4.79 Å². The van der Waals surface area contributed by atoms with Gasteiger partial charge in [0.25, 0.3) is 5.91 Å². The fourth-order valence-electron chi connectivity index (χ4n) is 1.33. The van der Waals surface area contributed by atoms with Gasteiger partial charge in [-0.25, -0.2) is 4.98 Å². The molecule has 1 heterocycles. The Hall–Kier alpha value is -1.98. The molecule has 0 unspecified atom stereocenters. The van der Waals surface area contributed by atoms with E-state index in [-0.39, 0.29) is 17.3 Å². The van der Waals surface area contributed by atoms with Gasteiger partial charge < -0.3 is 16.2 Å². The van der Waals surface area contributed by atoms with Gasteiger partial charge in [0.1, 0.15) is 11.4 Å². The van der Waals surface area contributed by atoms with Crippen molar-refractivity contribution in [2.45, 2.75) is 0 Å². The zero-order valence-corrected chi connectivity index (χ0v) is 11.1. The maximum atomic E-state index is 11.0. The third-order valence-corrected chi connectivity index (χ3v) is 2.77. The van der Waals surface area contributed by atoms with Crippen LogP contribution in [-0.2, 0) is 0 Å². The van der Waals surface area contributed by atoms with E-state index in [4.69, 9.17) is 39.4 Å². The van der Waals surface area contributed by atoms with Crippen molar-refractivity contribution < 1.29 is 9.53 Å². The Morgan fingerprint density at radius 1 is 1.21 bits per heavy atom. The van der Waals surface area contributed by atoms with Crippen LogP contribution in [0.5, 0.6) is 11.6 Å². The molecule has 0 aliphatic carbocycles. The van der Waals surface area contributed by atoms with Gasteiger partial charge in [-0.3, -0.25) is 4.79 Å². The lowest BCUT2D eigenvalue weighted by Gasteiger charge is -2.09. The van der Waals surface area contributed by atoms with E-state index in [0.717, 1.165) is 0 Å². The summed E-state index contributed by atoms with van der Waals surface area (Å²) < 4.78 is 5.45. The Labute approximate surface area is 119 Å². The number of anilines is 1. The number of carbonyl (C=O) groups excluding carboxylic acids is 1. The molecule has 2 aromatic rings. The van der Waals surface area contributed by atoms with Crippen LogP contribution in [0.3, 0.4) is 0 Å². The second-order valence-electron chi connectivity index (χ2n) is 3.63. The summed E-state index contributed by atoms with van der Waals surface area (Å²) in [5, 5.41) is 0.780. The van der Waals surface area contributed by atoms with E-state index in [1.807, 2.05) is 0 Å². The molecule has 98 valence electrons. The second-order valence-corrected chi connectivity index (χ2v) is 4.48. The maximum Gasteiger partial charge on any atom is 0.267 e. The van der Waals surface area contributed by atoms with Crippen molar-refractivity contribution in [1.82, 2.24) is 4.98 Å². The highest BCUT2D eigenvalue weighted by molar-refractivity contribution is 6.35. The molecule has 7 heteroatoms. The molecule has 0 bridgehead atoms. The van der Waals surface area contributed by atoms with Crippen molar-refractivity contribution in [1.29, 1.82) is 0 Å². The Morgan fingerprint density at radius 2 is 1.95 bits per heavy atom. The fourth-order valence-corrected chi connectivity index (χ4v) is 1.78. The molecule has 0 aliphatic rings. The largest absolute Gasteiger partial charge is 0.435 e. The first-order chi connectivity index (χ1) is 8.97. The summed E-state index contributed by atoms with van der Waals surface area (Å²) in [6, 6.07) is 7.59. The minimum absolute atomic E-state index is 0.0503. The topological polar surface area (TPSA) is 91.2 Å². The number of benzene rings is 1. The molecular weight excluding hydrogens is 289 g/mol. The van der Waals surface area contributed by atoms with Gasteiger partial charge in [0, 0.05) is 5.02 Å². The summed E-state index contributed by atoms with van der Waals surface area (Å²) in [5.74, 6) is -0.292. The minimum atomic E-state index is -0.674. The van der Waals surface area contributed by atoms with Crippen LogP contribution in [0.1, 0.15) is 10.5 Å². The lowest BCUT2D eigenvalue weighted by Crippen LogP contribution is -2.13. The molecule has 0 aliphatic heterocycles. The Kier molecular flexibility index (Phi) is 3.78. The predicted molar refractivity (Wildman–Crippen MR) is 73.7 cm³/mol. The number of halogens is 2. The Balaban J connectivity index is 2.37. The first-order valence-electron chi connectivity index (χ1n) is 5.16. The zero-order valence-electron chi connectivity index (χ0n) is 9.56. The van der Waals surface area contributed by atoms with Gasteiger partial charge in [0.2, 0.25) is 5.88 Å². The summed E-state index contributed by atoms with van der Waals surface area (Å²) in [6.45, 7) is 0. The van der Waals surface area contributed by atoms with Crippen LogP contribution >= 0.6 is 23.2 Å². The monoisotopic (exact) mass is 297 g/mol. The van der Waals surface area contributed by atoms with E-state index in [2.05, 4.69) is 4.98 Å². The molecule has 0 atom stereocenters. The lowest BCUT2D eigenvalue weighted by atomic mass is 10.3. The van der Waals surface area contributed by atoms with Crippen LogP contribution in [0.15, 0.2) is 30.3 Å². The van der Waals surface area contributed by atoms with Crippen LogP contribution in [0.2, 0.25) is 10.0 Å². The first kappa shape index (κ1) is 13.5. The van der Waals surface area contributed by atoms with Gasteiger partial charge in [0.05, 0.1) is 10.7 Å². The van der Waals surface area contributed by atoms with Gasteiger partial charge in [0.15, 0.2) is 0 Å². The number of aromatic nitrogens is 1. The molecule has 2 rings (SSSR count). The minimum Gasteiger partial charge on any atom is -0.435 e. The van der Waals surface area contributed by atoms with Crippen molar-refractivity contribution in [3.8, 4) is 11.6 Å². The number of ether oxygens (including phenoxy) is 1. The standard InChI is InChI=1S/C12H9Cl2N3O2/c13-6-1-4-10(7(14)5-6)19-12-8(15)2-3-9(17-12)11(16)18/h1-5H,15H2,(H2,16,18). The molecule has 1 amide bonds. The van der Waals surface area contributed by atoms with Gasteiger partial charge in [-0.15, -0.1) is 0 Å². The number of amides is 1. The maximum absolute atomic E-state index is 11.0. The number of pyridine rings is 1. The summed E-state index contributed by atoms with van der Waals surface area (Å²) in [7, 11) is 0. The van der Waals surface area contributed by atoms with Gasteiger partial charge in [-0.05, 0) is 30.3 Å². The smallest absolute Gasteiger partial charge is 0.267 e. The molecule has 4 N–H and O–H groups in total. The second kappa shape index (κ2) is 5.34. The first-order valence-corrected chi connectivity index (χ1v) is 5.92. The highest BCUT2D eigenvalue weighted by Gasteiger charge is 2.11. The van der Waals surface area contributed by atoms with E-state index in [1.54, 1.807) is 12.1 Å². The van der Waals surface area contributed by atoms with E-state index < -0.39 is 5.91 Å². The number of rotatable bonds is 3. The van der Waals surface area contributed by atoms with Crippen molar-refractivity contribution in [3.05, 3.63) is 46.1 Å². The van der Waals surface area contributed by atoms with Crippen LogP contribution in [0.25, 0.3) is 0 Å². The molecule has 0 spiro atoms. The van der Waals surface area contributed by atoms with Crippen molar-refractivity contribution in [3.63, 3.8) is 0 Å². The third-order valence-electron chi connectivity index (χ3n) is 2.24. The Bertz CT molecular complexity index is 647. The molecular formula is C12H9Cl2N3O2. The Morgan fingerprint density at radius 3 is 2.58 bits per heavy atom. The molecule has 1 aromatic heterocycles. The number of nitrogens with zero attached hydrogens (tertiary/aromatic N) is 1. The average Bonchev–Trinajstić information content (AvgIpc) is 2.34. The quantitative estimate of drug-likeness (QED) is 0.911. The average molecular weight is 298 g/mol.